The number of thioether (sulfide) groups is 1. The zero-order chi connectivity index (χ0) is 11.0. The molecule has 0 aromatic carbocycles. The molecule has 14 heavy (non-hydrogen) atoms. The van der Waals surface area contributed by atoms with Crippen LogP contribution in [0, 0.1) is 5.92 Å². The van der Waals surface area contributed by atoms with Crippen LogP contribution in [-0.2, 0) is 0 Å². The van der Waals surface area contributed by atoms with E-state index in [0.29, 0.717) is 6.42 Å². The van der Waals surface area contributed by atoms with Gasteiger partial charge in [-0.2, -0.15) is 11.8 Å². The summed E-state index contributed by atoms with van der Waals surface area (Å²) in [4.78, 5) is 0. The van der Waals surface area contributed by atoms with E-state index in [-0.39, 0.29) is 5.75 Å². The number of hydrogen-bond donors (Lipinski definition) is 3. The molecule has 0 rings (SSSR count). The van der Waals surface area contributed by atoms with E-state index in [1.807, 2.05) is 11.8 Å². The summed E-state index contributed by atoms with van der Waals surface area (Å²) in [5, 5.41) is 0. The Kier molecular flexibility index (Phi) is 8.14. The third-order valence-electron chi connectivity index (χ3n) is 2.16. The quantitative estimate of drug-likeness (QED) is 0.567. The molecule has 0 amide bonds. The zero-order valence-electron chi connectivity index (χ0n) is 8.98. The van der Waals surface area contributed by atoms with Crippen LogP contribution in [0.3, 0.4) is 0 Å². The largest absolute Gasteiger partial charge is 0.308 e. The fourth-order valence-corrected chi connectivity index (χ4v) is 2.78. The van der Waals surface area contributed by atoms with E-state index in [0.717, 1.165) is 17.4 Å². The standard InChI is InChI=1S/C9H22O3S2/c1-3-9(2)5-7-13-6-4-8-14(10,11)12/h9-12H,3-8H2,1-2H3. The lowest BCUT2D eigenvalue weighted by Gasteiger charge is -2.18. The number of hydrogen-bond acceptors (Lipinski definition) is 4. The minimum atomic E-state index is -3.25. The van der Waals surface area contributed by atoms with Crippen LogP contribution in [-0.4, -0.2) is 30.9 Å². The van der Waals surface area contributed by atoms with Crippen molar-refractivity contribution < 1.29 is 13.7 Å². The molecule has 0 fully saturated rings. The van der Waals surface area contributed by atoms with Crippen molar-refractivity contribution in [1.82, 2.24) is 0 Å². The molecule has 1 unspecified atom stereocenters. The van der Waals surface area contributed by atoms with Gasteiger partial charge in [0.2, 0.25) is 0 Å². The Morgan fingerprint density at radius 3 is 2.36 bits per heavy atom. The molecule has 0 aliphatic carbocycles. The second-order valence-electron chi connectivity index (χ2n) is 3.60. The lowest BCUT2D eigenvalue weighted by Crippen LogP contribution is -2.02. The van der Waals surface area contributed by atoms with Crippen LogP contribution in [0.4, 0.5) is 0 Å². The zero-order valence-corrected chi connectivity index (χ0v) is 10.6. The molecule has 3 N–H and O–H groups in total. The molecule has 0 aromatic rings. The normalized spacial score (nSPS) is 15.5. The van der Waals surface area contributed by atoms with Gasteiger partial charge in [-0.1, -0.05) is 20.3 Å². The molecule has 0 saturated carbocycles. The van der Waals surface area contributed by atoms with E-state index >= 15 is 0 Å². The van der Waals surface area contributed by atoms with Crippen molar-refractivity contribution in [2.24, 2.45) is 5.92 Å². The van der Waals surface area contributed by atoms with Crippen molar-refractivity contribution in [1.29, 1.82) is 0 Å². The van der Waals surface area contributed by atoms with Crippen LogP contribution >= 0.6 is 22.6 Å². The average Bonchev–Trinajstić information content (AvgIpc) is 2.08. The fourth-order valence-electron chi connectivity index (χ4n) is 0.945. The van der Waals surface area contributed by atoms with Gasteiger partial charge in [0.05, 0.1) is 10.9 Å². The van der Waals surface area contributed by atoms with Crippen LogP contribution < -0.4 is 0 Å². The maximum atomic E-state index is 8.69. The maximum Gasteiger partial charge on any atom is 0.0810 e. The van der Waals surface area contributed by atoms with E-state index in [9.17, 15) is 0 Å². The van der Waals surface area contributed by atoms with Crippen molar-refractivity contribution in [2.45, 2.75) is 33.1 Å². The Morgan fingerprint density at radius 1 is 1.21 bits per heavy atom. The molecule has 1 atom stereocenters. The first kappa shape index (κ1) is 14.6. The molecule has 0 bridgehead atoms. The molecule has 0 spiro atoms. The van der Waals surface area contributed by atoms with Crippen LogP contribution in [0.25, 0.3) is 0 Å². The third-order valence-corrected chi connectivity index (χ3v) is 4.10. The molecule has 0 aromatic heterocycles. The maximum absolute atomic E-state index is 8.69. The Balaban J connectivity index is 3.14. The van der Waals surface area contributed by atoms with Gasteiger partial charge in [0.25, 0.3) is 0 Å². The van der Waals surface area contributed by atoms with Gasteiger partial charge in [0.15, 0.2) is 0 Å². The molecule has 0 radical (unpaired) electrons. The predicted octanol–water partition coefficient (Wildman–Crippen LogP) is 3.77. The summed E-state index contributed by atoms with van der Waals surface area (Å²) in [6.07, 6.45) is 3.11. The summed E-state index contributed by atoms with van der Waals surface area (Å²) >= 11 is 1.82. The van der Waals surface area contributed by atoms with E-state index in [4.69, 9.17) is 13.7 Å². The van der Waals surface area contributed by atoms with E-state index in [1.165, 1.54) is 12.8 Å². The van der Waals surface area contributed by atoms with Crippen molar-refractivity contribution >= 4 is 22.6 Å². The highest BCUT2D eigenvalue weighted by molar-refractivity contribution is 8.19. The van der Waals surface area contributed by atoms with Gasteiger partial charge in [-0.15, -0.1) is 0 Å². The van der Waals surface area contributed by atoms with E-state index < -0.39 is 10.9 Å². The minimum Gasteiger partial charge on any atom is -0.308 e. The lowest BCUT2D eigenvalue weighted by molar-refractivity contribution is 0.375. The summed E-state index contributed by atoms with van der Waals surface area (Å²) in [6.45, 7) is 4.43. The summed E-state index contributed by atoms with van der Waals surface area (Å²) in [5.41, 5.74) is 0. The lowest BCUT2D eigenvalue weighted by atomic mass is 10.1. The average molecular weight is 242 g/mol. The van der Waals surface area contributed by atoms with E-state index in [2.05, 4.69) is 13.8 Å². The van der Waals surface area contributed by atoms with Gasteiger partial charge in [0.1, 0.15) is 0 Å². The molecule has 0 heterocycles. The van der Waals surface area contributed by atoms with E-state index in [1.54, 1.807) is 0 Å². The predicted molar refractivity (Wildman–Crippen MR) is 66.4 cm³/mol. The molecule has 0 aliphatic rings. The Hall–Kier alpha value is 0.580. The first-order valence-electron chi connectivity index (χ1n) is 5.01. The Morgan fingerprint density at radius 2 is 1.86 bits per heavy atom. The van der Waals surface area contributed by atoms with Crippen LogP contribution in [0.2, 0.25) is 0 Å². The fraction of sp³-hybridized carbons (Fsp3) is 1.00. The first-order chi connectivity index (χ1) is 6.45. The highest BCUT2D eigenvalue weighted by Gasteiger charge is 2.09. The van der Waals surface area contributed by atoms with Gasteiger partial charge < -0.3 is 13.7 Å². The van der Waals surface area contributed by atoms with Gasteiger partial charge in [-0.05, 0) is 30.3 Å². The van der Waals surface area contributed by atoms with Crippen molar-refractivity contribution in [3.05, 3.63) is 0 Å². The van der Waals surface area contributed by atoms with Gasteiger partial charge >= 0.3 is 0 Å². The van der Waals surface area contributed by atoms with Crippen LogP contribution in [0.1, 0.15) is 33.1 Å². The SMILES string of the molecule is CCC(C)CCSCCCS(O)(O)O. The molecule has 0 saturated heterocycles. The second-order valence-corrected chi connectivity index (χ2v) is 6.50. The second kappa shape index (κ2) is 7.82. The summed E-state index contributed by atoms with van der Waals surface area (Å²) in [6, 6.07) is 0. The topological polar surface area (TPSA) is 60.7 Å². The highest BCUT2D eigenvalue weighted by atomic mass is 32.3. The van der Waals surface area contributed by atoms with Gasteiger partial charge in [-0.3, -0.25) is 0 Å². The monoisotopic (exact) mass is 242 g/mol. The van der Waals surface area contributed by atoms with Gasteiger partial charge in [-0.25, -0.2) is 0 Å². The summed E-state index contributed by atoms with van der Waals surface area (Å²) in [7, 11) is -3.25. The third kappa shape index (κ3) is 10.7. The number of rotatable bonds is 8. The molecular weight excluding hydrogens is 220 g/mol. The minimum absolute atomic E-state index is 0.114. The molecular formula is C9H22O3S2. The molecule has 0 aliphatic heterocycles. The first-order valence-corrected chi connectivity index (χ1v) is 7.84. The molecule has 5 heteroatoms. The van der Waals surface area contributed by atoms with Gasteiger partial charge in [0, 0.05) is 5.75 Å². The summed E-state index contributed by atoms with van der Waals surface area (Å²) in [5.74, 6) is 2.91. The van der Waals surface area contributed by atoms with Crippen LogP contribution in [0.5, 0.6) is 0 Å². The molecule has 3 nitrogen and oxygen atoms in total. The summed E-state index contributed by atoms with van der Waals surface area (Å²) < 4.78 is 26.1. The molecule has 88 valence electrons. The smallest absolute Gasteiger partial charge is 0.0810 e. The van der Waals surface area contributed by atoms with Crippen molar-refractivity contribution in [2.75, 3.05) is 17.3 Å². The highest BCUT2D eigenvalue weighted by Crippen LogP contribution is 2.33. The van der Waals surface area contributed by atoms with Crippen molar-refractivity contribution in [3.8, 4) is 0 Å². The van der Waals surface area contributed by atoms with Crippen LogP contribution in [0.15, 0.2) is 0 Å². The Bertz CT molecular complexity index is 137. The Labute approximate surface area is 92.9 Å². The van der Waals surface area contributed by atoms with Crippen molar-refractivity contribution in [3.63, 3.8) is 0 Å².